The molecule has 2 aliphatic rings. The van der Waals surface area contributed by atoms with Gasteiger partial charge in [-0.3, -0.25) is 15.1 Å². The minimum absolute atomic E-state index is 0.0384. The molecule has 2 saturated heterocycles. The van der Waals surface area contributed by atoms with Gasteiger partial charge in [-0.05, 0) is 38.0 Å². The Bertz CT molecular complexity index is 518. The van der Waals surface area contributed by atoms with Gasteiger partial charge in [0.2, 0.25) is 10.9 Å². The summed E-state index contributed by atoms with van der Waals surface area (Å²) in [5.74, 6) is 0.749. The number of piperidine rings is 1. The summed E-state index contributed by atoms with van der Waals surface area (Å²) in [6, 6.07) is 0. The molecule has 0 aliphatic carbocycles. The number of amides is 1. The van der Waals surface area contributed by atoms with Crippen LogP contribution in [0.4, 0.5) is 0 Å². The van der Waals surface area contributed by atoms with Gasteiger partial charge in [-0.1, -0.05) is 13.8 Å². The molecule has 8 heteroatoms. The van der Waals surface area contributed by atoms with Crippen molar-refractivity contribution in [2.24, 2.45) is 11.8 Å². The molecule has 2 aliphatic heterocycles. The molecular formula is C14H26N4O3S. The number of nitrogens with zero attached hydrogens (tertiary/aromatic N) is 2. The van der Waals surface area contributed by atoms with Crippen molar-refractivity contribution in [1.29, 1.82) is 5.41 Å². The predicted molar refractivity (Wildman–Crippen MR) is 85.0 cm³/mol. The Labute approximate surface area is 133 Å². The molecule has 1 amide bonds. The summed E-state index contributed by atoms with van der Waals surface area (Å²) in [7, 11) is -2.50. The highest BCUT2D eigenvalue weighted by Gasteiger charge is 2.46. The average Bonchev–Trinajstić information content (AvgIpc) is 2.62. The second kappa shape index (κ2) is 6.54. The van der Waals surface area contributed by atoms with E-state index in [1.807, 2.05) is 6.92 Å². The first-order valence-corrected chi connectivity index (χ1v) is 8.94. The molecule has 0 aromatic rings. The van der Waals surface area contributed by atoms with Gasteiger partial charge in [0.25, 0.3) is 5.91 Å². The van der Waals surface area contributed by atoms with Gasteiger partial charge in [-0.25, -0.2) is 12.7 Å². The van der Waals surface area contributed by atoms with Gasteiger partial charge >= 0.3 is 0 Å². The van der Waals surface area contributed by atoms with E-state index in [1.165, 1.54) is 9.21 Å². The molecule has 0 radical (unpaired) electrons. The summed E-state index contributed by atoms with van der Waals surface area (Å²) in [5.41, 5.74) is -0.690. The zero-order valence-corrected chi connectivity index (χ0v) is 14.4. The lowest BCUT2D eigenvalue weighted by molar-refractivity contribution is -0.131. The van der Waals surface area contributed by atoms with Gasteiger partial charge in [0.05, 0.1) is 0 Å². The van der Waals surface area contributed by atoms with Crippen LogP contribution >= 0.6 is 0 Å². The van der Waals surface area contributed by atoms with Crippen LogP contribution in [-0.2, 0) is 15.7 Å². The number of carbonyl (C=O) groups excluding carboxylic acids is 1. The van der Waals surface area contributed by atoms with Crippen molar-refractivity contribution in [1.82, 2.24) is 14.5 Å². The lowest BCUT2D eigenvalue weighted by atomic mass is 9.90. The van der Waals surface area contributed by atoms with E-state index in [4.69, 9.17) is 5.41 Å². The summed E-state index contributed by atoms with van der Waals surface area (Å²) < 4.78 is 23.4. The molecular weight excluding hydrogens is 304 g/mol. The second-order valence-electron chi connectivity index (χ2n) is 6.95. The minimum atomic E-state index is -2.50. The number of guanidine groups is 1. The Morgan fingerprint density at radius 3 is 2.45 bits per heavy atom. The van der Waals surface area contributed by atoms with E-state index in [9.17, 15) is 13.2 Å². The summed E-state index contributed by atoms with van der Waals surface area (Å²) in [6.45, 7) is 7.50. The van der Waals surface area contributed by atoms with Gasteiger partial charge in [-0.2, -0.15) is 0 Å². The molecule has 7 nitrogen and oxygen atoms in total. The normalized spacial score (nSPS) is 28.0. The third-order valence-electron chi connectivity index (χ3n) is 4.46. The topological polar surface area (TPSA) is 93.6 Å². The standard InChI is InChI=1S/C14H26N4O3S/c1-10(2)8-14(3)12(19)18(13(15)16-14)9-11-4-6-17(7-5-11)22(20)21/h10-11,22H,4-9H2,1-3H3,(H2,15,16). The molecule has 1 atom stereocenters. The Balaban J connectivity index is 1.96. The van der Waals surface area contributed by atoms with Crippen molar-refractivity contribution in [3.05, 3.63) is 0 Å². The highest BCUT2D eigenvalue weighted by atomic mass is 32.2. The van der Waals surface area contributed by atoms with Gasteiger partial charge in [0.15, 0.2) is 5.96 Å². The molecule has 0 saturated carbocycles. The Hall–Kier alpha value is -1.15. The first kappa shape index (κ1) is 17.2. The number of carbonyl (C=O) groups is 1. The summed E-state index contributed by atoms with van der Waals surface area (Å²) in [5, 5.41) is 11.1. The summed E-state index contributed by atoms with van der Waals surface area (Å²) in [6.07, 6.45) is 2.17. The molecule has 0 bridgehead atoms. The zero-order valence-electron chi connectivity index (χ0n) is 13.5. The summed E-state index contributed by atoms with van der Waals surface area (Å²) >= 11 is 0. The monoisotopic (exact) mass is 330 g/mol. The number of nitrogens with one attached hydrogen (secondary N) is 2. The van der Waals surface area contributed by atoms with Gasteiger partial charge in [0, 0.05) is 19.6 Å². The number of hydrogen-bond donors (Lipinski definition) is 3. The second-order valence-corrected chi connectivity index (χ2v) is 8.00. The molecule has 0 aromatic heterocycles. The third kappa shape index (κ3) is 3.60. The maximum atomic E-state index is 12.6. The van der Waals surface area contributed by atoms with Crippen molar-refractivity contribution >= 4 is 22.8 Å². The minimum Gasteiger partial charge on any atom is -0.342 e. The average molecular weight is 330 g/mol. The number of rotatable bonds is 5. The maximum Gasteiger partial charge on any atom is 0.254 e. The van der Waals surface area contributed by atoms with E-state index >= 15 is 0 Å². The highest BCUT2D eigenvalue weighted by molar-refractivity contribution is 7.69. The van der Waals surface area contributed by atoms with E-state index < -0.39 is 16.4 Å². The highest BCUT2D eigenvalue weighted by Crippen LogP contribution is 2.27. The van der Waals surface area contributed by atoms with Crippen LogP contribution in [-0.4, -0.2) is 54.7 Å². The molecule has 0 spiro atoms. The Kier molecular flexibility index (Phi) is 5.11. The summed E-state index contributed by atoms with van der Waals surface area (Å²) in [4.78, 5) is 14.2. The SMILES string of the molecule is CC(C)CC1(C)NC(=N)N(CC2CCN([SH](=O)=O)CC2)C1=O. The van der Waals surface area contributed by atoms with Crippen LogP contribution in [0, 0.1) is 17.2 Å². The molecule has 2 heterocycles. The van der Waals surface area contributed by atoms with Gasteiger partial charge in [-0.15, -0.1) is 0 Å². The van der Waals surface area contributed by atoms with Crippen LogP contribution in [0.1, 0.15) is 40.0 Å². The van der Waals surface area contributed by atoms with E-state index in [-0.39, 0.29) is 17.8 Å². The van der Waals surface area contributed by atoms with E-state index in [2.05, 4.69) is 19.2 Å². The molecule has 1 unspecified atom stereocenters. The fourth-order valence-corrected chi connectivity index (χ4v) is 3.99. The molecule has 2 N–H and O–H groups in total. The van der Waals surface area contributed by atoms with Crippen molar-refractivity contribution in [3.63, 3.8) is 0 Å². The van der Waals surface area contributed by atoms with Crippen LogP contribution in [0.2, 0.25) is 0 Å². The van der Waals surface area contributed by atoms with E-state index in [0.717, 1.165) is 12.8 Å². The predicted octanol–water partition coefficient (Wildman–Crippen LogP) is 0.396. The van der Waals surface area contributed by atoms with Crippen molar-refractivity contribution in [3.8, 4) is 0 Å². The third-order valence-corrected chi connectivity index (χ3v) is 5.32. The zero-order chi connectivity index (χ0) is 16.5. The van der Waals surface area contributed by atoms with Crippen LogP contribution in [0.3, 0.4) is 0 Å². The number of hydrogen-bond acceptors (Lipinski definition) is 4. The lowest BCUT2D eigenvalue weighted by Crippen LogP contribution is -2.45. The number of thiol groups is 1. The molecule has 126 valence electrons. The van der Waals surface area contributed by atoms with Gasteiger partial charge in [0.1, 0.15) is 5.54 Å². The quantitative estimate of drug-likeness (QED) is 0.636. The van der Waals surface area contributed by atoms with Crippen molar-refractivity contribution < 1.29 is 13.2 Å². The first-order valence-electron chi connectivity index (χ1n) is 7.81. The van der Waals surface area contributed by atoms with E-state index in [1.54, 1.807) is 0 Å². The van der Waals surface area contributed by atoms with Crippen molar-refractivity contribution in [2.45, 2.75) is 45.6 Å². The van der Waals surface area contributed by atoms with Gasteiger partial charge < -0.3 is 5.32 Å². The van der Waals surface area contributed by atoms with Crippen LogP contribution in [0.15, 0.2) is 0 Å². The molecule has 22 heavy (non-hydrogen) atoms. The lowest BCUT2D eigenvalue weighted by Gasteiger charge is -2.30. The Morgan fingerprint density at radius 2 is 1.95 bits per heavy atom. The van der Waals surface area contributed by atoms with Crippen molar-refractivity contribution in [2.75, 3.05) is 19.6 Å². The molecule has 2 rings (SSSR count). The maximum absolute atomic E-state index is 12.6. The Morgan fingerprint density at radius 1 is 1.36 bits per heavy atom. The smallest absolute Gasteiger partial charge is 0.254 e. The molecule has 2 fully saturated rings. The van der Waals surface area contributed by atoms with E-state index in [0.29, 0.717) is 32.0 Å². The largest absolute Gasteiger partial charge is 0.342 e. The first-order chi connectivity index (χ1) is 10.2. The van der Waals surface area contributed by atoms with Crippen LogP contribution in [0.25, 0.3) is 0 Å². The van der Waals surface area contributed by atoms with Crippen LogP contribution in [0.5, 0.6) is 0 Å². The fraction of sp³-hybridized carbons (Fsp3) is 0.857. The van der Waals surface area contributed by atoms with Crippen LogP contribution < -0.4 is 5.32 Å². The fourth-order valence-electron chi connectivity index (χ4n) is 3.43. The molecule has 0 aromatic carbocycles.